The van der Waals surface area contributed by atoms with E-state index in [1.807, 2.05) is 24.3 Å². The lowest BCUT2D eigenvalue weighted by Gasteiger charge is -2.15. The Bertz CT molecular complexity index is 1080. The van der Waals surface area contributed by atoms with E-state index in [-0.39, 0.29) is 18.2 Å². The zero-order chi connectivity index (χ0) is 21.8. The van der Waals surface area contributed by atoms with Gasteiger partial charge in [-0.3, -0.25) is 10.1 Å². The molecule has 0 saturated carbocycles. The molecule has 0 bridgehead atoms. The highest BCUT2D eigenvalue weighted by atomic mass is 16.6. The van der Waals surface area contributed by atoms with Crippen LogP contribution >= 0.6 is 0 Å². The maximum Gasteiger partial charge on any atom is 0.407 e. The molecule has 4 rings (SSSR count). The standard InChI is InChI=1S/C24H22N2O5/c1-30-23-14-17(26(28)29)11-10-16(23)12-13-25-24(27)31-15-22-20-8-4-2-6-18(20)19-7-3-5-9-21(19)22/h2-11,14,22H,12-13,15H2,1H3,(H,25,27). The highest BCUT2D eigenvalue weighted by molar-refractivity contribution is 5.79. The number of benzene rings is 3. The third kappa shape index (κ3) is 4.21. The van der Waals surface area contributed by atoms with Crippen LogP contribution in [-0.4, -0.2) is 31.3 Å². The molecule has 1 amide bonds. The molecule has 0 aromatic heterocycles. The highest BCUT2D eigenvalue weighted by Gasteiger charge is 2.28. The molecule has 0 unspecified atom stereocenters. The monoisotopic (exact) mass is 418 g/mol. The van der Waals surface area contributed by atoms with E-state index < -0.39 is 11.0 Å². The molecule has 0 saturated heterocycles. The molecular weight excluding hydrogens is 396 g/mol. The largest absolute Gasteiger partial charge is 0.496 e. The summed E-state index contributed by atoms with van der Waals surface area (Å²) in [6.07, 6.45) is -0.0338. The molecule has 1 aliphatic rings. The van der Waals surface area contributed by atoms with E-state index in [0.29, 0.717) is 18.7 Å². The van der Waals surface area contributed by atoms with Gasteiger partial charge in [-0.05, 0) is 40.3 Å². The minimum absolute atomic E-state index is 0.00733. The first kappa shape index (κ1) is 20.4. The van der Waals surface area contributed by atoms with E-state index in [1.54, 1.807) is 6.07 Å². The van der Waals surface area contributed by atoms with Crippen LogP contribution in [0.1, 0.15) is 22.6 Å². The van der Waals surface area contributed by atoms with Crippen LogP contribution in [0.25, 0.3) is 11.1 Å². The average Bonchev–Trinajstić information content (AvgIpc) is 3.11. The van der Waals surface area contributed by atoms with Crippen molar-refractivity contribution in [1.29, 1.82) is 0 Å². The Labute approximate surface area is 179 Å². The maximum absolute atomic E-state index is 12.3. The van der Waals surface area contributed by atoms with Crippen molar-refractivity contribution in [3.8, 4) is 16.9 Å². The number of carbonyl (C=O) groups is 1. The third-order valence-corrected chi connectivity index (χ3v) is 5.49. The molecule has 1 aliphatic carbocycles. The number of rotatable bonds is 7. The molecule has 158 valence electrons. The lowest BCUT2D eigenvalue weighted by molar-refractivity contribution is -0.384. The van der Waals surface area contributed by atoms with Crippen LogP contribution in [0.4, 0.5) is 10.5 Å². The summed E-state index contributed by atoms with van der Waals surface area (Å²) in [5.74, 6) is 0.427. The SMILES string of the molecule is COc1cc([N+](=O)[O-])ccc1CCNC(=O)OCC1c2ccccc2-c2ccccc21. The van der Waals surface area contributed by atoms with E-state index in [4.69, 9.17) is 9.47 Å². The van der Waals surface area contributed by atoms with Gasteiger partial charge >= 0.3 is 6.09 Å². The molecule has 0 atom stereocenters. The molecule has 1 N–H and O–H groups in total. The van der Waals surface area contributed by atoms with Crippen molar-refractivity contribution in [1.82, 2.24) is 5.32 Å². The normalized spacial score (nSPS) is 12.0. The number of ether oxygens (including phenoxy) is 2. The number of nitrogens with zero attached hydrogens (tertiary/aromatic N) is 1. The molecular formula is C24H22N2O5. The molecule has 0 fully saturated rings. The topological polar surface area (TPSA) is 90.7 Å². The summed E-state index contributed by atoms with van der Waals surface area (Å²) in [6, 6.07) is 20.8. The van der Waals surface area contributed by atoms with Gasteiger partial charge < -0.3 is 14.8 Å². The minimum Gasteiger partial charge on any atom is -0.496 e. The van der Waals surface area contributed by atoms with Crippen LogP contribution in [-0.2, 0) is 11.2 Å². The molecule has 0 heterocycles. The van der Waals surface area contributed by atoms with E-state index in [0.717, 1.165) is 16.7 Å². The van der Waals surface area contributed by atoms with Crippen molar-refractivity contribution in [2.24, 2.45) is 0 Å². The number of nitrogens with one attached hydrogen (secondary N) is 1. The molecule has 7 heteroatoms. The van der Waals surface area contributed by atoms with Crippen LogP contribution in [0.2, 0.25) is 0 Å². The van der Waals surface area contributed by atoms with Crippen molar-refractivity contribution < 1.29 is 19.2 Å². The second-order valence-corrected chi connectivity index (χ2v) is 7.26. The van der Waals surface area contributed by atoms with Crippen LogP contribution in [0.15, 0.2) is 66.7 Å². The molecule has 0 radical (unpaired) electrons. The van der Waals surface area contributed by atoms with Gasteiger partial charge in [-0.1, -0.05) is 48.5 Å². The smallest absolute Gasteiger partial charge is 0.407 e. The number of methoxy groups -OCH3 is 1. The van der Waals surface area contributed by atoms with Crippen molar-refractivity contribution in [2.75, 3.05) is 20.3 Å². The van der Waals surface area contributed by atoms with Gasteiger partial charge in [0.1, 0.15) is 12.4 Å². The van der Waals surface area contributed by atoms with Gasteiger partial charge in [0.2, 0.25) is 0 Å². The van der Waals surface area contributed by atoms with Gasteiger partial charge in [-0.15, -0.1) is 0 Å². The number of fused-ring (bicyclic) bond motifs is 3. The number of nitro groups is 1. The first-order chi connectivity index (χ1) is 15.1. The van der Waals surface area contributed by atoms with Gasteiger partial charge in [0, 0.05) is 18.5 Å². The summed E-state index contributed by atoms with van der Waals surface area (Å²) in [7, 11) is 1.46. The van der Waals surface area contributed by atoms with Crippen molar-refractivity contribution in [2.45, 2.75) is 12.3 Å². The third-order valence-electron chi connectivity index (χ3n) is 5.49. The molecule has 0 aliphatic heterocycles. The zero-order valence-electron chi connectivity index (χ0n) is 17.0. The summed E-state index contributed by atoms with van der Waals surface area (Å²) in [5.41, 5.74) is 5.41. The number of hydrogen-bond acceptors (Lipinski definition) is 5. The number of carbonyl (C=O) groups excluding carboxylic acids is 1. The van der Waals surface area contributed by atoms with Gasteiger partial charge in [0.15, 0.2) is 0 Å². The predicted molar refractivity (Wildman–Crippen MR) is 116 cm³/mol. The molecule has 3 aromatic rings. The number of alkyl carbamates (subject to hydrolysis) is 1. The minimum atomic E-state index is -0.497. The van der Waals surface area contributed by atoms with Crippen LogP contribution in [0.5, 0.6) is 5.75 Å². The van der Waals surface area contributed by atoms with Gasteiger partial charge in [-0.25, -0.2) is 4.79 Å². The molecule has 0 spiro atoms. The molecule has 7 nitrogen and oxygen atoms in total. The first-order valence-corrected chi connectivity index (χ1v) is 9.98. The van der Waals surface area contributed by atoms with Gasteiger partial charge in [0.25, 0.3) is 5.69 Å². The Morgan fingerprint density at radius 1 is 1.03 bits per heavy atom. The summed E-state index contributed by atoms with van der Waals surface area (Å²) in [4.78, 5) is 22.7. The Balaban J connectivity index is 1.34. The fraction of sp³-hybridized carbons (Fsp3) is 0.208. The number of nitro benzene ring substituents is 1. The lowest BCUT2D eigenvalue weighted by Crippen LogP contribution is -2.28. The van der Waals surface area contributed by atoms with Gasteiger partial charge in [0.05, 0.1) is 18.1 Å². The Hall–Kier alpha value is -3.87. The Morgan fingerprint density at radius 3 is 2.29 bits per heavy atom. The fourth-order valence-corrected chi connectivity index (χ4v) is 4.00. The fourth-order valence-electron chi connectivity index (χ4n) is 4.00. The number of amides is 1. The highest BCUT2D eigenvalue weighted by Crippen LogP contribution is 2.44. The molecule has 3 aromatic carbocycles. The van der Waals surface area contributed by atoms with E-state index in [9.17, 15) is 14.9 Å². The quantitative estimate of drug-likeness (QED) is 0.444. The van der Waals surface area contributed by atoms with Crippen molar-refractivity contribution in [3.05, 3.63) is 93.5 Å². The average molecular weight is 418 g/mol. The lowest BCUT2D eigenvalue weighted by atomic mass is 9.98. The predicted octanol–water partition coefficient (Wildman–Crippen LogP) is 4.68. The van der Waals surface area contributed by atoms with Crippen LogP contribution in [0.3, 0.4) is 0 Å². The number of non-ortho nitro benzene ring substituents is 1. The van der Waals surface area contributed by atoms with E-state index >= 15 is 0 Å². The zero-order valence-corrected chi connectivity index (χ0v) is 17.0. The number of hydrogen-bond donors (Lipinski definition) is 1. The van der Waals surface area contributed by atoms with Crippen molar-refractivity contribution in [3.63, 3.8) is 0 Å². The summed E-state index contributed by atoms with van der Waals surface area (Å²) >= 11 is 0. The van der Waals surface area contributed by atoms with Crippen molar-refractivity contribution >= 4 is 11.8 Å². The molecule has 31 heavy (non-hydrogen) atoms. The van der Waals surface area contributed by atoms with Gasteiger partial charge in [-0.2, -0.15) is 0 Å². The van der Waals surface area contributed by atoms with Crippen LogP contribution in [0, 0.1) is 10.1 Å². The summed E-state index contributed by atoms with van der Waals surface area (Å²) in [6.45, 7) is 0.575. The van der Waals surface area contributed by atoms with E-state index in [1.165, 1.54) is 30.4 Å². The maximum atomic E-state index is 12.3. The Morgan fingerprint density at radius 2 is 1.68 bits per heavy atom. The van der Waals surface area contributed by atoms with E-state index in [2.05, 4.69) is 29.6 Å². The second-order valence-electron chi connectivity index (χ2n) is 7.26. The second kappa shape index (κ2) is 8.87. The summed E-state index contributed by atoms with van der Waals surface area (Å²) in [5, 5.41) is 13.6. The Kier molecular flexibility index (Phi) is 5.84. The summed E-state index contributed by atoms with van der Waals surface area (Å²) < 4.78 is 10.7. The first-order valence-electron chi connectivity index (χ1n) is 9.98. The van der Waals surface area contributed by atoms with Crippen LogP contribution < -0.4 is 10.1 Å².